The fraction of sp³-hybridized carbons (Fsp3) is 0.222. The van der Waals surface area contributed by atoms with Crippen molar-refractivity contribution in [1.29, 1.82) is 10.5 Å². The van der Waals surface area contributed by atoms with Crippen molar-refractivity contribution in [2.75, 3.05) is 29.4 Å². The summed E-state index contributed by atoms with van der Waals surface area (Å²) in [5.41, 5.74) is 3.25. The number of benzene rings is 2. The molecule has 7 heteroatoms. The van der Waals surface area contributed by atoms with Gasteiger partial charge in [-0.25, -0.2) is 4.98 Å². The van der Waals surface area contributed by atoms with Gasteiger partial charge in [-0.2, -0.15) is 15.6 Å². The van der Waals surface area contributed by atoms with Crippen molar-refractivity contribution >= 4 is 22.4 Å². The van der Waals surface area contributed by atoms with E-state index in [0.717, 1.165) is 47.7 Å². The maximum Gasteiger partial charge on any atom is 0.159 e. The minimum absolute atomic E-state index is 0.189. The topological polar surface area (TPSA) is 92.7 Å². The molecule has 0 amide bonds. The van der Waals surface area contributed by atoms with Crippen LogP contribution >= 0.6 is 0 Å². The van der Waals surface area contributed by atoms with Gasteiger partial charge in [0.2, 0.25) is 0 Å². The molecule has 0 N–H and O–H groups in total. The van der Waals surface area contributed by atoms with Crippen molar-refractivity contribution in [2.45, 2.75) is 19.4 Å². The summed E-state index contributed by atoms with van der Waals surface area (Å²) in [6.07, 6.45) is 2.30. The first kappa shape index (κ1) is 21.4. The molecule has 0 radical (unpaired) electrons. The Morgan fingerprint density at radius 2 is 1.71 bits per heavy atom. The van der Waals surface area contributed by atoms with E-state index in [2.05, 4.69) is 56.2 Å². The highest BCUT2D eigenvalue weighted by Crippen LogP contribution is 2.30. The zero-order chi connectivity index (χ0) is 23.5. The van der Waals surface area contributed by atoms with Crippen molar-refractivity contribution in [3.8, 4) is 12.1 Å². The van der Waals surface area contributed by atoms with Gasteiger partial charge in [0, 0.05) is 49.1 Å². The number of fused-ring (bicyclic) bond motifs is 1. The number of rotatable bonds is 4. The number of nitriles is 2. The van der Waals surface area contributed by atoms with Gasteiger partial charge in [-0.3, -0.25) is 0 Å². The van der Waals surface area contributed by atoms with Gasteiger partial charge in [0.1, 0.15) is 11.9 Å². The largest absolute Gasteiger partial charge is 0.351 e. The van der Waals surface area contributed by atoms with E-state index in [1.54, 1.807) is 12.3 Å². The molecule has 0 bridgehead atoms. The Bertz CT molecular complexity index is 1400. The molecule has 1 atom stereocenters. The van der Waals surface area contributed by atoms with Crippen molar-refractivity contribution in [3.63, 3.8) is 0 Å². The quantitative estimate of drug-likeness (QED) is 0.467. The third kappa shape index (κ3) is 4.12. The van der Waals surface area contributed by atoms with Crippen molar-refractivity contribution in [2.24, 2.45) is 0 Å². The van der Waals surface area contributed by atoms with Crippen LogP contribution < -0.4 is 9.80 Å². The normalized spacial score (nSPS) is 15.7. The zero-order valence-corrected chi connectivity index (χ0v) is 18.9. The lowest BCUT2D eigenvalue weighted by Crippen LogP contribution is -2.52. The Morgan fingerprint density at radius 3 is 2.41 bits per heavy atom. The number of hydrogen-bond donors (Lipinski definition) is 0. The van der Waals surface area contributed by atoms with E-state index in [-0.39, 0.29) is 6.04 Å². The van der Waals surface area contributed by atoms with Crippen molar-refractivity contribution in [1.82, 2.24) is 15.2 Å². The monoisotopic (exact) mass is 445 g/mol. The van der Waals surface area contributed by atoms with Crippen LogP contribution in [0.2, 0.25) is 0 Å². The molecule has 1 saturated heterocycles. The molecule has 2 aromatic heterocycles. The molecular formula is C27H23N7. The van der Waals surface area contributed by atoms with Crippen LogP contribution in [0.3, 0.4) is 0 Å². The van der Waals surface area contributed by atoms with Crippen LogP contribution in [0, 0.1) is 22.7 Å². The summed E-state index contributed by atoms with van der Waals surface area (Å²) in [5, 5.41) is 29.8. The number of pyridine rings is 1. The number of hydrogen-bond acceptors (Lipinski definition) is 7. The van der Waals surface area contributed by atoms with E-state index < -0.39 is 0 Å². The summed E-state index contributed by atoms with van der Waals surface area (Å²) in [6.45, 7) is 4.43. The van der Waals surface area contributed by atoms with Gasteiger partial charge in [-0.05, 0) is 36.8 Å². The molecule has 7 nitrogen and oxygen atoms in total. The molecular weight excluding hydrogens is 422 g/mol. The van der Waals surface area contributed by atoms with Gasteiger partial charge in [-0.1, -0.05) is 36.4 Å². The molecule has 1 fully saturated rings. The molecule has 0 aliphatic carbocycles. The predicted molar refractivity (Wildman–Crippen MR) is 131 cm³/mol. The molecule has 3 heterocycles. The van der Waals surface area contributed by atoms with Crippen LogP contribution in [-0.4, -0.2) is 40.9 Å². The number of aromatic nitrogens is 3. The van der Waals surface area contributed by atoms with E-state index in [4.69, 9.17) is 5.26 Å². The van der Waals surface area contributed by atoms with Crippen molar-refractivity contribution in [3.05, 3.63) is 89.2 Å². The molecule has 4 aromatic rings. The molecule has 0 saturated carbocycles. The molecule has 1 aliphatic heterocycles. The fourth-order valence-electron chi connectivity index (χ4n) is 4.53. The van der Waals surface area contributed by atoms with E-state index in [1.165, 1.54) is 5.56 Å². The zero-order valence-electron chi connectivity index (χ0n) is 18.9. The van der Waals surface area contributed by atoms with Crippen LogP contribution in [0.25, 0.3) is 10.8 Å². The Hall–Kier alpha value is -4.49. The van der Waals surface area contributed by atoms with E-state index in [9.17, 15) is 5.26 Å². The van der Waals surface area contributed by atoms with Crippen LogP contribution in [0.1, 0.15) is 29.3 Å². The van der Waals surface area contributed by atoms with Gasteiger partial charge in [-0.15, -0.1) is 5.10 Å². The van der Waals surface area contributed by atoms with Gasteiger partial charge in [0.05, 0.1) is 22.9 Å². The highest BCUT2D eigenvalue weighted by atomic mass is 15.3. The molecule has 2 aromatic carbocycles. The second kappa shape index (κ2) is 9.17. The number of anilines is 2. The maximum absolute atomic E-state index is 9.51. The van der Waals surface area contributed by atoms with Crippen LogP contribution in [0.4, 0.5) is 11.6 Å². The number of piperazine rings is 1. The highest BCUT2D eigenvalue weighted by Gasteiger charge is 2.27. The van der Waals surface area contributed by atoms with Crippen LogP contribution in [-0.2, 0) is 6.42 Å². The first-order valence-electron chi connectivity index (χ1n) is 11.3. The van der Waals surface area contributed by atoms with Gasteiger partial charge < -0.3 is 9.80 Å². The standard InChI is InChI=1S/C27H23N7/c1-19-18-33(11-12-34(19)26-10-8-22(16-29)17-30-26)27-24-13-21(15-28)7-9-23(24)25(31-32-27)14-20-5-3-2-4-6-20/h2-10,13,17,19H,11-12,14,18H2,1H3/t19-/m1/s1. The lowest BCUT2D eigenvalue weighted by molar-refractivity contribution is 0.542. The van der Waals surface area contributed by atoms with E-state index in [1.807, 2.05) is 42.5 Å². The Balaban J connectivity index is 1.46. The minimum Gasteiger partial charge on any atom is -0.351 e. The lowest BCUT2D eigenvalue weighted by Gasteiger charge is -2.41. The Morgan fingerprint density at radius 1 is 0.912 bits per heavy atom. The van der Waals surface area contributed by atoms with E-state index in [0.29, 0.717) is 17.5 Å². The summed E-state index contributed by atoms with van der Waals surface area (Å²) >= 11 is 0. The summed E-state index contributed by atoms with van der Waals surface area (Å²) in [7, 11) is 0. The van der Waals surface area contributed by atoms with Gasteiger partial charge in [0.15, 0.2) is 5.82 Å². The highest BCUT2D eigenvalue weighted by molar-refractivity contribution is 5.94. The first-order chi connectivity index (χ1) is 16.7. The third-order valence-corrected chi connectivity index (χ3v) is 6.28. The second-order valence-corrected chi connectivity index (χ2v) is 8.51. The predicted octanol–water partition coefficient (Wildman–Crippen LogP) is 4.07. The average molecular weight is 446 g/mol. The summed E-state index contributed by atoms with van der Waals surface area (Å²) in [4.78, 5) is 8.96. The van der Waals surface area contributed by atoms with Gasteiger partial charge >= 0.3 is 0 Å². The fourth-order valence-corrected chi connectivity index (χ4v) is 4.53. The lowest BCUT2D eigenvalue weighted by atomic mass is 10.0. The third-order valence-electron chi connectivity index (χ3n) is 6.28. The Kier molecular flexibility index (Phi) is 5.76. The average Bonchev–Trinajstić information content (AvgIpc) is 2.89. The molecule has 166 valence electrons. The summed E-state index contributed by atoms with van der Waals surface area (Å²) in [6, 6.07) is 24.3. The smallest absolute Gasteiger partial charge is 0.159 e. The molecule has 0 unspecified atom stereocenters. The maximum atomic E-state index is 9.51. The number of nitrogens with zero attached hydrogens (tertiary/aromatic N) is 7. The van der Waals surface area contributed by atoms with Gasteiger partial charge in [0.25, 0.3) is 0 Å². The van der Waals surface area contributed by atoms with Crippen LogP contribution in [0.5, 0.6) is 0 Å². The first-order valence-corrected chi connectivity index (χ1v) is 11.3. The molecule has 5 rings (SSSR count). The molecule has 34 heavy (non-hydrogen) atoms. The minimum atomic E-state index is 0.189. The Labute approximate surface area is 198 Å². The van der Waals surface area contributed by atoms with Crippen LogP contribution in [0.15, 0.2) is 66.9 Å². The second-order valence-electron chi connectivity index (χ2n) is 8.51. The van der Waals surface area contributed by atoms with E-state index >= 15 is 0 Å². The summed E-state index contributed by atoms with van der Waals surface area (Å²) in [5.74, 6) is 1.68. The van der Waals surface area contributed by atoms with Crippen molar-refractivity contribution < 1.29 is 0 Å². The SMILES string of the molecule is C[C@@H]1CN(c2nnc(Cc3ccccc3)c3ccc(C#N)cc23)CCN1c1ccc(C#N)cn1. The molecule has 1 aliphatic rings. The summed E-state index contributed by atoms with van der Waals surface area (Å²) < 4.78 is 0. The molecule has 0 spiro atoms.